The lowest BCUT2D eigenvalue weighted by molar-refractivity contribution is 0.102. The summed E-state index contributed by atoms with van der Waals surface area (Å²) >= 11 is 2.32. The van der Waals surface area contributed by atoms with Crippen molar-refractivity contribution in [2.75, 3.05) is 11.5 Å². The third-order valence-corrected chi connectivity index (χ3v) is 3.88. The highest BCUT2D eigenvalue weighted by Gasteiger charge is 2.11. The molecule has 0 unspecified atom stereocenters. The molecule has 0 radical (unpaired) electrons. The van der Waals surface area contributed by atoms with E-state index < -0.39 is 11.6 Å². The molecule has 1 heterocycles. The number of nitrogens with zero attached hydrogens (tertiary/aromatic N) is 2. The lowest BCUT2D eigenvalue weighted by atomic mass is 10.1. The van der Waals surface area contributed by atoms with E-state index in [0.717, 1.165) is 35.2 Å². The number of hydrogen-bond acceptors (Lipinski definition) is 6. The number of halogens is 2. The SMILES string of the molecule is Nc1nnc(SCC(=O)c2ccc(F)c(F)c2)s1. The molecule has 8 heteroatoms. The summed E-state index contributed by atoms with van der Waals surface area (Å²) in [5, 5.41) is 7.65. The molecule has 0 amide bonds. The number of hydrogen-bond donors (Lipinski definition) is 1. The van der Waals surface area contributed by atoms with E-state index in [1.807, 2.05) is 0 Å². The van der Waals surface area contributed by atoms with E-state index >= 15 is 0 Å². The molecule has 18 heavy (non-hydrogen) atoms. The van der Waals surface area contributed by atoms with Gasteiger partial charge in [0.25, 0.3) is 0 Å². The van der Waals surface area contributed by atoms with Gasteiger partial charge in [-0.05, 0) is 18.2 Å². The van der Waals surface area contributed by atoms with Crippen LogP contribution in [0, 0.1) is 11.6 Å². The molecule has 2 rings (SSSR count). The number of anilines is 1. The standard InChI is InChI=1S/C10H7F2N3OS2/c11-6-2-1-5(3-7(6)12)8(16)4-17-10-15-14-9(13)18-10/h1-3H,4H2,(H2,13,14). The van der Waals surface area contributed by atoms with E-state index in [-0.39, 0.29) is 17.1 Å². The summed E-state index contributed by atoms with van der Waals surface area (Å²) in [5.74, 6) is -2.26. The van der Waals surface area contributed by atoms with E-state index in [0.29, 0.717) is 9.47 Å². The van der Waals surface area contributed by atoms with Gasteiger partial charge < -0.3 is 5.73 Å². The summed E-state index contributed by atoms with van der Waals surface area (Å²) < 4.78 is 26.2. The Balaban J connectivity index is 2.01. The predicted molar refractivity (Wildman–Crippen MR) is 65.7 cm³/mol. The van der Waals surface area contributed by atoms with E-state index in [2.05, 4.69) is 10.2 Å². The summed E-state index contributed by atoms with van der Waals surface area (Å²) in [7, 11) is 0. The first-order chi connectivity index (χ1) is 8.56. The second-order valence-electron chi connectivity index (χ2n) is 3.25. The predicted octanol–water partition coefficient (Wildman–Crippen LogP) is 2.37. The van der Waals surface area contributed by atoms with Gasteiger partial charge in [0, 0.05) is 5.56 Å². The summed E-state index contributed by atoms with van der Waals surface area (Å²) in [6, 6.07) is 3.05. The Morgan fingerprint density at radius 3 is 2.72 bits per heavy atom. The highest BCUT2D eigenvalue weighted by Crippen LogP contribution is 2.24. The average Bonchev–Trinajstić information content (AvgIpc) is 2.75. The van der Waals surface area contributed by atoms with Crippen molar-refractivity contribution in [2.24, 2.45) is 0 Å². The average molecular weight is 287 g/mol. The quantitative estimate of drug-likeness (QED) is 0.690. The van der Waals surface area contributed by atoms with Crippen molar-refractivity contribution < 1.29 is 13.6 Å². The zero-order chi connectivity index (χ0) is 13.1. The van der Waals surface area contributed by atoms with Crippen LogP contribution < -0.4 is 5.73 Å². The molecule has 4 nitrogen and oxygen atoms in total. The molecule has 0 fully saturated rings. The van der Waals surface area contributed by atoms with Crippen LogP contribution in [0.5, 0.6) is 0 Å². The number of carbonyl (C=O) groups is 1. The first-order valence-corrected chi connectivity index (χ1v) is 6.56. The highest BCUT2D eigenvalue weighted by atomic mass is 32.2. The molecule has 0 aliphatic rings. The Bertz CT molecular complexity index is 588. The number of ketones is 1. The first kappa shape index (κ1) is 12.9. The van der Waals surface area contributed by atoms with Crippen molar-refractivity contribution in [3.8, 4) is 0 Å². The van der Waals surface area contributed by atoms with Gasteiger partial charge in [0.15, 0.2) is 21.8 Å². The summed E-state index contributed by atoms with van der Waals surface area (Å²) in [6.45, 7) is 0. The van der Waals surface area contributed by atoms with Gasteiger partial charge in [0.1, 0.15) is 0 Å². The van der Waals surface area contributed by atoms with E-state index in [4.69, 9.17) is 5.73 Å². The summed E-state index contributed by atoms with van der Waals surface area (Å²) in [4.78, 5) is 11.7. The third kappa shape index (κ3) is 3.02. The molecule has 0 aliphatic heterocycles. The van der Waals surface area contributed by atoms with Crippen LogP contribution in [0.4, 0.5) is 13.9 Å². The second-order valence-corrected chi connectivity index (χ2v) is 5.48. The van der Waals surface area contributed by atoms with Crippen LogP contribution in [-0.4, -0.2) is 21.7 Å². The number of nitrogen functional groups attached to an aromatic ring is 1. The third-order valence-electron chi connectivity index (χ3n) is 1.99. The topological polar surface area (TPSA) is 68.9 Å². The molecule has 1 aromatic carbocycles. The van der Waals surface area contributed by atoms with Crippen LogP contribution in [0.2, 0.25) is 0 Å². The molecule has 2 N–H and O–H groups in total. The molecule has 0 aliphatic carbocycles. The monoisotopic (exact) mass is 287 g/mol. The minimum atomic E-state index is -1.04. The molecule has 0 atom stereocenters. The van der Waals surface area contributed by atoms with Crippen molar-refractivity contribution in [3.63, 3.8) is 0 Å². The highest BCUT2D eigenvalue weighted by molar-refractivity contribution is 8.01. The maximum Gasteiger partial charge on any atom is 0.203 e. The van der Waals surface area contributed by atoms with Gasteiger partial charge >= 0.3 is 0 Å². The molecule has 0 spiro atoms. The van der Waals surface area contributed by atoms with E-state index in [1.165, 1.54) is 6.07 Å². The second kappa shape index (κ2) is 5.40. The molecule has 1 aromatic heterocycles. The molecule has 0 bridgehead atoms. The van der Waals surface area contributed by atoms with Gasteiger partial charge in [-0.3, -0.25) is 4.79 Å². The fourth-order valence-corrected chi connectivity index (χ4v) is 2.69. The molecule has 94 valence electrons. The van der Waals surface area contributed by atoms with Crippen LogP contribution in [-0.2, 0) is 0 Å². The minimum Gasteiger partial charge on any atom is -0.374 e. The molecular formula is C10H7F2N3OS2. The zero-order valence-electron chi connectivity index (χ0n) is 8.89. The molecule has 2 aromatic rings. The van der Waals surface area contributed by atoms with Crippen molar-refractivity contribution in [2.45, 2.75) is 4.34 Å². The number of rotatable bonds is 4. The van der Waals surface area contributed by atoms with Crippen molar-refractivity contribution >= 4 is 34.0 Å². The summed E-state index contributed by atoms with van der Waals surface area (Å²) in [6.07, 6.45) is 0. The Kier molecular flexibility index (Phi) is 3.87. The number of benzene rings is 1. The lowest BCUT2D eigenvalue weighted by Crippen LogP contribution is -2.03. The maximum absolute atomic E-state index is 12.9. The fourth-order valence-electron chi connectivity index (χ4n) is 1.16. The van der Waals surface area contributed by atoms with Crippen molar-refractivity contribution in [1.82, 2.24) is 10.2 Å². The molecule has 0 saturated carbocycles. The maximum atomic E-state index is 12.9. The Morgan fingerprint density at radius 2 is 2.11 bits per heavy atom. The summed E-state index contributed by atoms with van der Waals surface area (Å²) in [5.41, 5.74) is 5.51. The van der Waals surface area contributed by atoms with Crippen molar-refractivity contribution in [1.29, 1.82) is 0 Å². The van der Waals surface area contributed by atoms with Crippen LogP contribution in [0.15, 0.2) is 22.5 Å². The molecular weight excluding hydrogens is 280 g/mol. The number of thioether (sulfide) groups is 1. The minimum absolute atomic E-state index is 0.0692. The Labute approximate surface area is 109 Å². The number of nitrogens with two attached hydrogens (primary N) is 1. The van der Waals surface area contributed by atoms with Crippen LogP contribution >= 0.6 is 23.1 Å². The van der Waals surface area contributed by atoms with Crippen LogP contribution in [0.3, 0.4) is 0 Å². The van der Waals surface area contributed by atoms with Gasteiger partial charge in [-0.25, -0.2) is 8.78 Å². The van der Waals surface area contributed by atoms with Gasteiger partial charge in [-0.2, -0.15) is 0 Å². The molecule has 0 saturated heterocycles. The Morgan fingerprint density at radius 1 is 1.33 bits per heavy atom. The number of aromatic nitrogens is 2. The van der Waals surface area contributed by atoms with E-state index in [1.54, 1.807) is 0 Å². The smallest absolute Gasteiger partial charge is 0.203 e. The van der Waals surface area contributed by atoms with Gasteiger partial charge in [-0.1, -0.05) is 23.1 Å². The zero-order valence-corrected chi connectivity index (χ0v) is 10.5. The largest absolute Gasteiger partial charge is 0.374 e. The van der Waals surface area contributed by atoms with Gasteiger partial charge in [0.05, 0.1) is 5.75 Å². The van der Waals surface area contributed by atoms with Gasteiger partial charge in [-0.15, -0.1) is 10.2 Å². The van der Waals surface area contributed by atoms with Crippen molar-refractivity contribution in [3.05, 3.63) is 35.4 Å². The number of carbonyl (C=O) groups excluding carboxylic acids is 1. The van der Waals surface area contributed by atoms with Crippen LogP contribution in [0.1, 0.15) is 10.4 Å². The number of Topliss-reactive ketones (excluding diaryl/α,β-unsaturated/α-hetero) is 1. The van der Waals surface area contributed by atoms with Gasteiger partial charge in [0.2, 0.25) is 5.13 Å². The Hall–Kier alpha value is -1.54. The van der Waals surface area contributed by atoms with Crippen LogP contribution in [0.25, 0.3) is 0 Å². The fraction of sp³-hybridized carbons (Fsp3) is 0.100. The van der Waals surface area contributed by atoms with E-state index in [9.17, 15) is 13.6 Å². The lowest BCUT2D eigenvalue weighted by Gasteiger charge is -2.00. The normalized spacial score (nSPS) is 10.6. The first-order valence-electron chi connectivity index (χ1n) is 4.76.